The minimum atomic E-state index is -4.46. The Morgan fingerprint density at radius 1 is 1.15 bits per heavy atom. The number of aryl methyl sites for hydroxylation is 1. The molecule has 0 saturated carbocycles. The fourth-order valence-electron chi connectivity index (χ4n) is 2.54. The maximum absolute atomic E-state index is 12.6. The van der Waals surface area contributed by atoms with Gasteiger partial charge in [0.25, 0.3) is 0 Å². The molecule has 3 aromatic rings. The highest BCUT2D eigenvalue weighted by molar-refractivity contribution is 7.21. The summed E-state index contributed by atoms with van der Waals surface area (Å²) in [5.41, 5.74) is 0.604. The van der Waals surface area contributed by atoms with Crippen molar-refractivity contribution >= 4 is 44.7 Å². The summed E-state index contributed by atoms with van der Waals surface area (Å²) < 4.78 is 38.7. The summed E-state index contributed by atoms with van der Waals surface area (Å²) in [5.74, 6) is -0.829. The summed E-state index contributed by atoms with van der Waals surface area (Å²) in [5, 5.41) is 5.46. The molecular formula is C19H13ClF3NO2S. The molecule has 0 N–H and O–H groups in total. The topological polar surface area (TPSA) is 38.7 Å². The van der Waals surface area contributed by atoms with Crippen molar-refractivity contribution in [2.45, 2.75) is 20.0 Å². The molecule has 0 saturated heterocycles. The third kappa shape index (κ3) is 4.14. The predicted octanol–water partition coefficient (Wildman–Crippen LogP) is 6.46. The third-order valence-corrected chi connectivity index (χ3v) is 5.56. The monoisotopic (exact) mass is 411 g/mol. The summed E-state index contributed by atoms with van der Waals surface area (Å²) in [6.45, 7) is 3.61. The van der Waals surface area contributed by atoms with Gasteiger partial charge in [-0.25, -0.2) is 4.79 Å². The lowest BCUT2D eigenvalue weighted by atomic mass is 10.1. The highest BCUT2D eigenvalue weighted by Crippen LogP contribution is 2.33. The second kappa shape index (κ2) is 7.32. The van der Waals surface area contributed by atoms with Gasteiger partial charge in [0.15, 0.2) is 0 Å². The molecule has 0 spiro atoms. The van der Waals surface area contributed by atoms with Crippen LogP contribution in [-0.4, -0.2) is 11.7 Å². The van der Waals surface area contributed by atoms with Crippen molar-refractivity contribution in [2.24, 2.45) is 5.16 Å². The average Bonchev–Trinajstić information content (AvgIpc) is 2.95. The van der Waals surface area contributed by atoms with Crippen LogP contribution in [0.5, 0.6) is 0 Å². The van der Waals surface area contributed by atoms with Crippen molar-refractivity contribution in [2.75, 3.05) is 0 Å². The van der Waals surface area contributed by atoms with Crippen molar-refractivity contribution < 1.29 is 22.8 Å². The quantitative estimate of drug-likeness (QED) is 0.281. The fourth-order valence-corrected chi connectivity index (χ4v) is 3.84. The van der Waals surface area contributed by atoms with Gasteiger partial charge in [-0.2, -0.15) is 13.2 Å². The molecular weight excluding hydrogens is 399 g/mol. The number of oxime groups is 1. The molecule has 0 atom stereocenters. The molecule has 0 aliphatic heterocycles. The minimum Gasteiger partial charge on any atom is -0.313 e. The first-order chi connectivity index (χ1) is 12.7. The predicted molar refractivity (Wildman–Crippen MR) is 101 cm³/mol. The zero-order valence-electron chi connectivity index (χ0n) is 14.2. The molecule has 140 valence electrons. The minimum absolute atomic E-state index is 0.0144. The van der Waals surface area contributed by atoms with Crippen molar-refractivity contribution in [1.82, 2.24) is 0 Å². The second-order valence-electron chi connectivity index (χ2n) is 5.83. The molecule has 0 radical (unpaired) electrons. The van der Waals surface area contributed by atoms with Gasteiger partial charge in [-0.05, 0) is 67.3 Å². The van der Waals surface area contributed by atoms with Crippen LogP contribution in [0.1, 0.15) is 33.3 Å². The van der Waals surface area contributed by atoms with Crippen molar-refractivity contribution in [3.05, 3.63) is 69.1 Å². The van der Waals surface area contributed by atoms with Crippen LogP contribution in [0, 0.1) is 6.92 Å². The summed E-state index contributed by atoms with van der Waals surface area (Å²) in [7, 11) is 0. The van der Waals surface area contributed by atoms with Crippen molar-refractivity contribution in [3.63, 3.8) is 0 Å². The van der Waals surface area contributed by atoms with Gasteiger partial charge in [0.2, 0.25) is 0 Å². The molecule has 3 nitrogen and oxygen atoms in total. The molecule has 0 aliphatic carbocycles. The van der Waals surface area contributed by atoms with Gasteiger partial charge < -0.3 is 4.84 Å². The van der Waals surface area contributed by atoms with Gasteiger partial charge >= 0.3 is 12.1 Å². The number of hydrogen-bond acceptors (Lipinski definition) is 4. The van der Waals surface area contributed by atoms with Crippen LogP contribution >= 0.6 is 22.9 Å². The summed E-state index contributed by atoms with van der Waals surface area (Å²) >= 11 is 7.51. The highest BCUT2D eigenvalue weighted by Gasteiger charge is 2.30. The van der Waals surface area contributed by atoms with Crippen LogP contribution < -0.4 is 0 Å². The zero-order chi connectivity index (χ0) is 19.8. The molecule has 0 aliphatic rings. The van der Waals surface area contributed by atoms with Gasteiger partial charge in [0.05, 0.1) is 21.7 Å². The van der Waals surface area contributed by atoms with E-state index in [1.807, 2.05) is 19.1 Å². The van der Waals surface area contributed by atoms with Crippen LogP contribution in [0.3, 0.4) is 0 Å². The Morgan fingerprint density at radius 2 is 1.81 bits per heavy atom. The molecule has 1 aromatic heterocycles. The molecule has 0 unspecified atom stereocenters. The molecule has 27 heavy (non-hydrogen) atoms. The summed E-state index contributed by atoms with van der Waals surface area (Å²) in [6, 6.07) is 9.32. The third-order valence-electron chi connectivity index (χ3n) is 3.94. The van der Waals surface area contributed by atoms with Crippen LogP contribution in [0.4, 0.5) is 13.2 Å². The molecule has 1 heterocycles. The van der Waals surface area contributed by atoms with E-state index >= 15 is 0 Å². The number of carbonyl (C=O) groups is 1. The molecule has 3 rings (SSSR count). The number of thiophene rings is 1. The maximum Gasteiger partial charge on any atom is 0.416 e. The first-order valence-electron chi connectivity index (χ1n) is 7.79. The highest BCUT2D eigenvalue weighted by atomic mass is 35.5. The van der Waals surface area contributed by atoms with Gasteiger partial charge in [-0.1, -0.05) is 16.8 Å². The van der Waals surface area contributed by atoms with E-state index < -0.39 is 17.7 Å². The standard InChI is InChI=1S/C19H13ClF3NO2S/c1-10-15-9-14(20)7-8-16(15)27-17(10)11(2)24-26-18(25)12-3-5-13(6-4-12)19(21,22)23/h3-9H,1-2H3/b24-11+. The molecule has 0 bridgehead atoms. The fraction of sp³-hybridized carbons (Fsp3) is 0.158. The smallest absolute Gasteiger partial charge is 0.313 e. The number of nitrogens with zero attached hydrogens (tertiary/aromatic N) is 1. The van der Waals surface area contributed by atoms with E-state index in [2.05, 4.69) is 5.16 Å². The number of hydrogen-bond donors (Lipinski definition) is 0. The molecule has 2 aromatic carbocycles. The van der Waals surface area contributed by atoms with Gasteiger partial charge in [-0.15, -0.1) is 11.3 Å². The van der Waals surface area contributed by atoms with E-state index in [0.29, 0.717) is 10.7 Å². The SMILES string of the molecule is C/C(=N\OC(=O)c1ccc(C(F)(F)F)cc1)c1sc2ccc(Cl)cc2c1C. The van der Waals surface area contributed by atoms with Crippen molar-refractivity contribution in [1.29, 1.82) is 0 Å². The molecule has 0 fully saturated rings. The maximum atomic E-state index is 12.6. The number of alkyl halides is 3. The average molecular weight is 412 g/mol. The first kappa shape index (κ1) is 19.4. The zero-order valence-corrected chi connectivity index (χ0v) is 15.8. The van der Waals surface area contributed by atoms with Crippen molar-refractivity contribution in [3.8, 4) is 0 Å². The number of fused-ring (bicyclic) bond motifs is 1. The Bertz CT molecular complexity index is 1040. The Kier molecular flexibility index (Phi) is 5.26. The van der Waals surface area contributed by atoms with Gasteiger partial charge in [0.1, 0.15) is 0 Å². The Morgan fingerprint density at radius 3 is 2.44 bits per heavy atom. The number of halogens is 4. The lowest BCUT2D eigenvalue weighted by molar-refractivity contribution is -0.137. The van der Waals surface area contributed by atoms with Gasteiger partial charge in [0, 0.05) is 9.72 Å². The Balaban J connectivity index is 1.79. The second-order valence-corrected chi connectivity index (χ2v) is 7.32. The van der Waals surface area contributed by atoms with E-state index in [4.69, 9.17) is 16.4 Å². The Hall–Kier alpha value is -2.38. The van der Waals surface area contributed by atoms with Crippen LogP contribution in [-0.2, 0) is 11.0 Å². The van der Waals surface area contributed by atoms with E-state index in [0.717, 1.165) is 44.8 Å². The normalized spacial score (nSPS) is 12.4. The van der Waals surface area contributed by atoms with E-state index in [1.54, 1.807) is 13.0 Å². The lowest BCUT2D eigenvalue weighted by Gasteiger charge is -2.06. The largest absolute Gasteiger partial charge is 0.416 e. The van der Waals surface area contributed by atoms with Gasteiger partial charge in [-0.3, -0.25) is 0 Å². The Labute approximate surface area is 162 Å². The first-order valence-corrected chi connectivity index (χ1v) is 8.98. The lowest BCUT2D eigenvalue weighted by Crippen LogP contribution is -2.07. The number of rotatable bonds is 3. The van der Waals surface area contributed by atoms with Crippen LogP contribution in [0.2, 0.25) is 5.02 Å². The summed E-state index contributed by atoms with van der Waals surface area (Å²) in [6.07, 6.45) is -4.46. The number of benzene rings is 2. The van der Waals surface area contributed by atoms with Crippen LogP contribution in [0.15, 0.2) is 47.6 Å². The van der Waals surface area contributed by atoms with E-state index in [9.17, 15) is 18.0 Å². The van der Waals surface area contributed by atoms with E-state index in [1.165, 1.54) is 11.3 Å². The van der Waals surface area contributed by atoms with Crippen LogP contribution in [0.25, 0.3) is 10.1 Å². The molecule has 8 heteroatoms. The number of carbonyl (C=O) groups excluding carboxylic acids is 1. The van der Waals surface area contributed by atoms with E-state index in [-0.39, 0.29) is 5.56 Å². The summed E-state index contributed by atoms with van der Waals surface area (Å²) in [4.78, 5) is 17.8. The molecule has 0 amide bonds.